The molecule has 0 fully saturated rings. The van der Waals surface area contributed by atoms with Crippen LogP contribution in [0.3, 0.4) is 0 Å². The number of nitro benzene ring substituents is 1. The molecular formula is C12H12ClN3O3. The summed E-state index contributed by atoms with van der Waals surface area (Å²) in [7, 11) is 0. The maximum absolute atomic E-state index is 11.9. The third kappa shape index (κ3) is 2.68. The van der Waals surface area contributed by atoms with Gasteiger partial charge in [-0.3, -0.25) is 19.2 Å². The van der Waals surface area contributed by atoms with E-state index in [1.165, 1.54) is 15.2 Å². The molecule has 1 heterocycles. The number of halogens is 1. The Balaban J connectivity index is 2.40. The molecule has 6 nitrogen and oxygen atoms in total. The Kier molecular flexibility index (Phi) is 3.71. The highest BCUT2D eigenvalue weighted by Gasteiger charge is 2.15. The van der Waals surface area contributed by atoms with Gasteiger partial charge in [0.1, 0.15) is 0 Å². The lowest BCUT2D eigenvalue weighted by atomic mass is 10.2. The number of nitro groups is 1. The van der Waals surface area contributed by atoms with Crippen LogP contribution in [0.5, 0.6) is 0 Å². The molecule has 0 atom stereocenters. The normalized spacial score (nSPS) is 10.6. The smallest absolute Gasteiger partial charge is 0.300 e. The topological polar surface area (TPSA) is 70.1 Å². The molecule has 2 aromatic rings. The molecule has 7 heteroatoms. The summed E-state index contributed by atoms with van der Waals surface area (Å²) < 4.78 is 2.96. The van der Waals surface area contributed by atoms with Crippen molar-refractivity contribution in [1.29, 1.82) is 0 Å². The number of hydrogen-bond acceptors (Lipinski definition) is 3. The molecule has 0 spiro atoms. The summed E-state index contributed by atoms with van der Waals surface area (Å²) in [6.07, 6.45) is 3.27. The average Bonchev–Trinajstić information content (AvgIpc) is 2.72. The molecule has 0 saturated heterocycles. The monoisotopic (exact) mass is 281 g/mol. The van der Waals surface area contributed by atoms with Gasteiger partial charge in [-0.2, -0.15) is 0 Å². The van der Waals surface area contributed by atoms with Gasteiger partial charge in [-0.15, -0.1) is 0 Å². The van der Waals surface area contributed by atoms with Crippen molar-refractivity contribution in [2.24, 2.45) is 0 Å². The van der Waals surface area contributed by atoms with Gasteiger partial charge in [0.05, 0.1) is 11.5 Å². The Morgan fingerprint density at radius 1 is 1.32 bits per heavy atom. The summed E-state index contributed by atoms with van der Waals surface area (Å²) in [6.45, 7) is 2.57. The van der Waals surface area contributed by atoms with Gasteiger partial charge in [0, 0.05) is 35.6 Å². The van der Waals surface area contributed by atoms with E-state index in [2.05, 4.69) is 0 Å². The fourth-order valence-corrected chi connectivity index (χ4v) is 2.00. The number of aryl methyl sites for hydroxylation is 1. The van der Waals surface area contributed by atoms with Crippen molar-refractivity contribution in [3.05, 3.63) is 61.8 Å². The molecule has 0 unspecified atom stereocenters. The molecule has 0 radical (unpaired) electrons. The van der Waals surface area contributed by atoms with Crippen LogP contribution in [0.4, 0.5) is 5.69 Å². The lowest BCUT2D eigenvalue weighted by Crippen LogP contribution is -2.24. The maximum atomic E-state index is 11.9. The SMILES string of the molecule is CCn1ccn(Cc2ccc(Cl)cc2[N+](=O)[O-])c1=O. The van der Waals surface area contributed by atoms with Crippen molar-refractivity contribution in [2.75, 3.05) is 0 Å². The van der Waals surface area contributed by atoms with Gasteiger partial charge in [0.25, 0.3) is 5.69 Å². The Morgan fingerprint density at radius 3 is 2.58 bits per heavy atom. The Morgan fingerprint density at radius 2 is 2.00 bits per heavy atom. The van der Waals surface area contributed by atoms with Crippen LogP contribution in [0.1, 0.15) is 12.5 Å². The third-order valence-corrected chi connectivity index (χ3v) is 3.08. The number of nitrogens with zero attached hydrogens (tertiary/aromatic N) is 3. The van der Waals surface area contributed by atoms with E-state index >= 15 is 0 Å². The molecule has 0 bridgehead atoms. The second-order valence-electron chi connectivity index (χ2n) is 4.02. The maximum Gasteiger partial charge on any atom is 0.328 e. The first-order chi connectivity index (χ1) is 9.02. The fourth-order valence-electron chi connectivity index (χ4n) is 1.84. The van der Waals surface area contributed by atoms with E-state index in [1.807, 2.05) is 6.92 Å². The second kappa shape index (κ2) is 5.27. The summed E-state index contributed by atoms with van der Waals surface area (Å²) in [4.78, 5) is 22.4. The lowest BCUT2D eigenvalue weighted by molar-refractivity contribution is -0.385. The minimum absolute atomic E-state index is 0.0800. The molecule has 1 aromatic carbocycles. The molecule has 0 saturated carbocycles. The van der Waals surface area contributed by atoms with Crippen molar-refractivity contribution in [3.8, 4) is 0 Å². The van der Waals surface area contributed by atoms with E-state index in [-0.39, 0.29) is 17.9 Å². The average molecular weight is 282 g/mol. The number of benzene rings is 1. The van der Waals surface area contributed by atoms with Crippen molar-refractivity contribution in [1.82, 2.24) is 9.13 Å². The first-order valence-corrected chi connectivity index (χ1v) is 6.09. The van der Waals surface area contributed by atoms with E-state index in [1.54, 1.807) is 24.5 Å². The quantitative estimate of drug-likeness (QED) is 0.638. The minimum Gasteiger partial charge on any atom is -0.300 e. The first-order valence-electron chi connectivity index (χ1n) is 5.71. The summed E-state index contributed by atoms with van der Waals surface area (Å²) >= 11 is 5.74. The molecule has 0 N–H and O–H groups in total. The number of imidazole rings is 1. The van der Waals surface area contributed by atoms with Crippen LogP contribution in [0.25, 0.3) is 0 Å². The zero-order valence-corrected chi connectivity index (χ0v) is 11.0. The molecule has 0 aliphatic carbocycles. The molecule has 0 aliphatic heterocycles. The van der Waals surface area contributed by atoms with Gasteiger partial charge >= 0.3 is 5.69 Å². The van der Waals surface area contributed by atoms with Gasteiger partial charge in [-0.25, -0.2) is 4.79 Å². The van der Waals surface area contributed by atoms with Crippen molar-refractivity contribution in [2.45, 2.75) is 20.0 Å². The zero-order valence-electron chi connectivity index (χ0n) is 10.2. The van der Waals surface area contributed by atoms with Gasteiger partial charge in [0.15, 0.2) is 0 Å². The molecule has 100 valence electrons. The van der Waals surface area contributed by atoms with Crippen molar-refractivity contribution in [3.63, 3.8) is 0 Å². The van der Waals surface area contributed by atoms with Crippen LogP contribution >= 0.6 is 11.6 Å². The summed E-state index contributed by atoms with van der Waals surface area (Å²) in [5, 5.41) is 11.3. The number of aromatic nitrogens is 2. The van der Waals surface area contributed by atoms with Crippen LogP contribution in [-0.2, 0) is 13.1 Å². The zero-order chi connectivity index (χ0) is 14.0. The highest BCUT2D eigenvalue weighted by Crippen LogP contribution is 2.23. The lowest BCUT2D eigenvalue weighted by Gasteiger charge is -2.04. The van der Waals surface area contributed by atoms with Crippen LogP contribution in [-0.4, -0.2) is 14.1 Å². The Bertz CT molecular complexity index is 675. The third-order valence-electron chi connectivity index (χ3n) is 2.84. The van der Waals surface area contributed by atoms with Crippen LogP contribution in [0.2, 0.25) is 5.02 Å². The standard InChI is InChI=1S/C12H12ClN3O3/c1-2-14-5-6-15(12(14)17)8-9-3-4-10(13)7-11(9)16(18)19/h3-7H,2,8H2,1H3. The van der Waals surface area contributed by atoms with E-state index in [0.717, 1.165) is 0 Å². The largest absolute Gasteiger partial charge is 0.328 e. The number of rotatable bonds is 4. The predicted octanol–water partition coefficient (Wildman–Crippen LogP) is 2.28. The molecule has 2 rings (SSSR count). The Hall–Kier alpha value is -2.08. The van der Waals surface area contributed by atoms with Crippen LogP contribution < -0.4 is 5.69 Å². The van der Waals surface area contributed by atoms with E-state index in [4.69, 9.17) is 11.6 Å². The molecule has 1 aromatic heterocycles. The van der Waals surface area contributed by atoms with E-state index in [9.17, 15) is 14.9 Å². The van der Waals surface area contributed by atoms with Gasteiger partial charge in [-0.1, -0.05) is 11.6 Å². The molecular weight excluding hydrogens is 270 g/mol. The minimum atomic E-state index is -0.497. The Labute approximate surface area is 114 Å². The van der Waals surface area contributed by atoms with Gasteiger partial charge in [-0.05, 0) is 19.1 Å². The summed E-state index contributed by atoms with van der Waals surface area (Å²) in [5.41, 5.74) is 0.181. The number of hydrogen-bond donors (Lipinski definition) is 0. The van der Waals surface area contributed by atoms with Gasteiger partial charge in [0.2, 0.25) is 0 Å². The highest BCUT2D eigenvalue weighted by atomic mass is 35.5. The summed E-state index contributed by atoms with van der Waals surface area (Å²) in [5.74, 6) is 0. The van der Waals surface area contributed by atoms with Crippen molar-refractivity contribution < 1.29 is 4.92 Å². The second-order valence-corrected chi connectivity index (χ2v) is 4.46. The first kappa shape index (κ1) is 13.4. The van der Waals surface area contributed by atoms with E-state index in [0.29, 0.717) is 17.1 Å². The molecule has 0 amide bonds. The fraction of sp³-hybridized carbons (Fsp3) is 0.250. The van der Waals surface area contributed by atoms with Gasteiger partial charge < -0.3 is 0 Å². The van der Waals surface area contributed by atoms with Crippen LogP contribution in [0.15, 0.2) is 35.4 Å². The summed E-state index contributed by atoms with van der Waals surface area (Å²) in [6, 6.07) is 4.43. The molecule has 0 aliphatic rings. The van der Waals surface area contributed by atoms with Crippen LogP contribution in [0, 0.1) is 10.1 Å². The van der Waals surface area contributed by atoms with Crippen molar-refractivity contribution >= 4 is 17.3 Å². The highest BCUT2D eigenvalue weighted by molar-refractivity contribution is 6.30. The van der Waals surface area contributed by atoms with E-state index < -0.39 is 4.92 Å². The molecule has 19 heavy (non-hydrogen) atoms. The predicted molar refractivity (Wildman–Crippen MR) is 71.6 cm³/mol.